The SMILES string of the molecule is CI.NC(=O)C12CCC(C(N)=O)(CC1)CC2.NCC12CCC(CN)(CC1)CC2. The van der Waals surface area contributed by atoms with Crippen molar-refractivity contribution in [3.8, 4) is 0 Å². The van der Waals surface area contributed by atoms with Crippen LogP contribution in [-0.4, -0.2) is 29.8 Å². The van der Waals surface area contributed by atoms with Crippen LogP contribution in [0.1, 0.15) is 77.0 Å². The fourth-order valence-electron chi connectivity index (χ4n) is 5.88. The van der Waals surface area contributed by atoms with E-state index < -0.39 is 0 Å². The monoisotopic (exact) mass is 506 g/mol. The quantitative estimate of drug-likeness (QED) is 0.344. The summed E-state index contributed by atoms with van der Waals surface area (Å²) in [5.74, 6) is -0.398. The van der Waals surface area contributed by atoms with Gasteiger partial charge in [0.1, 0.15) is 0 Å². The summed E-state index contributed by atoms with van der Waals surface area (Å²) in [6.45, 7) is 1.79. The molecule has 6 fully saturated rings. The van der Waals surface area contributed by atoms with Crippen LogP contribution >= 0.6 is 22.6 Å². The molecule has 0 unspecified atom stereocenters. The van der Waals surface area contributed by atoms with Crippen LogP contribution in [0.4, 0.5) is 0 Å². The molecule has 6 aliphatic carbocycles. The number of primary amides is 2. The van der Waals surface area contributed by atoms with Gasteiger partial charge in [-0.2, -0.15) is 0 Å². The topological polar surface area (TPSA) is 138 Å². The van der Waals surface area contributed by atoms with Crippen LogP contribution in [0.2, 0.25) is 0 Å². The number of hydrogen-bond acceptors (Lipinski definition) is 4. The minimum atomic E-state index is -0.322. The number of fused-ring (bicyclic) bond motifs is 6. The Morgan fingerprint density at radius 2 is 0.821 bits per heavy atom. The van der Waals surface area contributed by atoms with Crippen LogP contribution in [-0.2, 0) is 9.59 Å². The van der Waals surface area contributed by atoms with Crippen molar-refractivity contribution in [2.24, 2.45) is 44.6 Å². The van der Waals surface area contributed by atoms with Gasteiger partial charge in [0.15, 0.2) is 0 Å². The van der Waals surface area contributed by atoms with E-state index in [1.165, 1.54) is 38.5 Å². The molecule has 0 radical (unpaired) electrons. The molecule has 0 atom stereocenters. The maximum Gasteiger partial charge on any atom is 0.223 e. The molecule has 6 nitrogen and oxygen atoms in total. The third-order valence-electron chi connectivity index (χ3n) is 8.71. The zero-order chi connectivity index (χ0) is 21.1. The lowest BCUT2D eigenvalue weighted by molar-refractivity contribution is -0.146. The zero-order valence-electron chi connectivity index (χ0n) is 17.4. The van der Waals surface area contributed by atoms with Gasteiger partial charge in [0, 0.05) is 10.8 Å². The van der Waals surface area contributed by atoms with Crippen molar-refractivity contribution >= 4 is 34.4 Å². The first-order valence-corrected chi connectivity index (χ1v) is 12.8. The summed E-state index contributed by atoms with van der Waals surface area (Å²) in [4.78, 5) is 24.6. The number of nitrogens with two attached hydrogens (primary N) is 4. The number of amides is 2. The lowest BCUT2D eigenvalue weighted by atomic mass is 9.53. The minimum absolute atomic E-state index is 0.199. The highest BCUT2D eigenvalue weighted by molar-refractivity contribution is 14.1. The third kappa shape index (κ3) is 4.36. The first-order chi connectivity index (χ1) is 13.3. The molecule has 162 valence electrons. The molecule has 0 spiro atoms. The zero-order valence-corrected chi connectivity index (χ0v) is 19.6. The van der Waals surface area contributed by atoms with E-state index in [1.807, 2.05) is 4.93 Å². The number of rotatable bonds is 4. The summed E-state index contributed by atoms with van der Waals surface area (Å²) in [5.41, 5.74) is 22.9. The van der Waals surface area contributed by atoms with Crippen molar-refractivity contribution < 1.29 is 9.59 Å². The Balaban J connectivity index is 0.000000186. The van der Waals surface area contributed by atoms with Crippen LogP contribution in [0.3, 0.4) is 0 Å². The van der Waals surface area contributed by atoms with E-state index in [4.69, 9.17) is 22.9 Å². The minimum Gasteiger partial charge on any atom is -0.369 e. The fraction of sp³-hybridized carbons (Fsp3) is 0.905. The first kappa shape index (κ1) is 23.9. The van der Waals surface area contributed by atoms with Crippen LogP contribution in [0, 0.1) is 21.7 Å². The molecule has 6 saturated carbocycles. The van der Waals surface area contributed by atoms with E-state index in [-0.39, 0.29) is 22.6 Å². The summed E-state index contributed by atoms with van der Waals surface area (Å²) in [6, 6.07) is 0. The van der Waals surface area contributed by atoms with E-state index in [2.05, 4.69) is 22.6 Å². The molecule has 6 aliphatic rings. The predicted molar refractivity (Wildman–Crippen MR) is 122 cm³/mol. The molecular formula is C21H39IN4O2. The van der Waals surface area contributed by atoms with Crippen LogP contribution < -0.4 is 22.9 Å². The first-order valence-electron chi connectivity index (χ1n) is 10.6. The maximum absolute atomic E-state index is 11.3. The van der Waals surface area contributed by atoms with Gasteiger partial charge >= 0.3 is 0 Å². The molecule has 0 aromatic rings. The lowest BCUT2D eigenvalue weighted by Crippen LogP contribution is -2.52. The molecule has 0 saturated heterocycles. The second kappa shape index (κ2) is 9.16. The number of halogens is 1. The highest BCUT2D eigenvalue weighted by Gasteiger charge is 2.54. The second-order valence-corrected chi connectivity index (χ2v) is 9.70. The average molecular weight is 506 g/mol. The second-order valence-electron chi connectivity index (χ2n) is 9.70. The Bertz CT molecular complexity index is 482. The van der Waals surface area contributed by atoms with E-state index in [0.717, 1.165) is 51.6 Å². The van der Waals surface area contributed by atoms with Gasteiger partial charge in [-0.1, -0.05) is 22.6 Å². The van der Waals surface area contributed by atoms with Crippen molar-refractivity contribution in [1.82, 2.24) is 0 Å². The normalized spacial score (nSPS) is 40.6. The highest BCUT2D eigenvalue weighted by Crippen LogP contribution is 2.57. The summed E-state index contributed by atoms with van der Waals surface area (Å²) < 4.78 is 0. The Hall–Kier alpha value is -0.410. The van der Waals surface area contributed by atoms with Crippen molar-refractivity contribution in [1.29, 1.82) is 0 Å². The molecule has 0 aromatic heterocycles. The summed E-state index contributed by atoms with van der Waals surface area (Å²) in [6.07, 6.45) is 12.5. The van der Waals surface area contributed by atoms with Gasteiger partial charge in [-0.15, -0.1) is 0 Å². The number of hydrogen-bond donors (Lipinski definition) is 4. The molecule has 8 N–H and O–H groups in total. The number of carbonyl (C=O) groups excluding carboxylic acids is 2. The Morgan fingerprint density at radius 3 is 0.964 bits per heavy atom. The Morgan fingerprint density at radius 1 is 0.607 bits per heavy atom. The van der Waals surface area contributed by atoms with E-state index in [0.29, 0.717) is 10.8 Å². The smallest absolute Gasteiger partial charge is 0.223 e. The van der Waals surface area contributed by atoms with Crippen LogP contribution in [0.15, 0.2) is 0 Å². The standard InChI is InChI=1S/C10H16N2O2.C10H20N2.CH3I/c11-7(13)9-1-2-10(5-3-9,6-4-9)8(12)14;11-7-9-1-2-10(8-12,5-3-9)6-4-9;1-2/h1-6H2,(H2,11,13)(H2,12,14);1-8,11-12H2;1H3. The highest BCUT2D eigenvalue weighted by atomic mass is 127. The van der Waals surface area contributed by atoms with Gasteiger partial charge in [0.05, 0.1) is 0 Å². The fourth-order valence-corrected chi connectivity index (χ4v) is 5.88. The molecule has 4 bridgehead atoms. The maximum atomic E-state index is 11.3. The third-order valence-corrected chi connectivity index (χ3v) is 8.71. The van der Waals surface area contributed by atoms with Gasteiger partial charge < -0.3 is 22.9 Å². The van der Waals surface area contributed by atoms with Crippen LogP contribution in [0.5, 0.6) is 0 Å². The van der Waals surface area contributed by atoms with Crippen molar-refractivity contribution in [2.45, 2.75) is 77.0 Å². The van der Waals surface area contributed by atoms with Gasteiger partial charge in [-0.3, -0.25) is 9.59 Å². The average Bonchev–Trinajstić information content (AvgIpc) is 2.78. The van der Waals surface area contributed by atoms with Gasteiger partial charge in [0.2, 0.25) is 11.8 Å². The molecule has 28 heavy (non-hydrogen) atoms. The van der Waals surface area contributed by atoms with E-state index >= 15 is 0 Å². The molecule has 0 heterocycles. The molecule has 2 amide bonds. The summed E-state index contributed by atoms with van der Waals surface area (Å²) >= 11 is 2.15. The van der Waals surface area contributed by atoms with Crippen LogP contribution in [0.25, 0.3) is 0 Å². The summed E-state index contributed by atoms with van der Waals surface area (Å²) in [7, 11) is 0. The molecular weight excluding hydrogens is 467 g/mol. The van der Waals surface area contributed by atoms with E-state index in [9.17, 15) is 9.59 Å². The van der Waals surface area contributed by atoms with Crippen molar-refractivity contribution in [2.75, 3.05) is 18.0 Å². The molecule has 0 aliphatic heterocycles. The Labute approximate surface area is 183 Å². The Kier molecular flexibility index (Phi) is 7.81. The van der Waals surface area contributed by atoms with Gasteiger partial charge in [-0.25, -0.2) is 0 Å². The van der Waals surface area contributed by atoms with Gasteiger partial charge in [-0.05, 0) is 106 Å². The summed E-state index contributed by atoms with van der Waals surface area (Å²) in [5, 5.41) is 0. The van der Waals surface area contributed by atoms with Gasteiger partial charge in [0.25, 0.3) is 0 Å². The molecule has 7 heteroatoms. The predicted octanol–water partition coefficient (Wildman–Crippen LogP) is 2.59. The number of carbonyl (C=O) groups is 2. The number of alkyl halides is 1. The molecule has 0 aromatic carbocycles. The van der Waals surface area contributed by atoms with E-state index in [1.54, 1.807) is 0 Å². The van der Waals surface area contributed by atoms with Crippen molar-refractivity contribution in [3.05, 3.63) is 0 Å². The largest absolute Gasteiger partial charge is 0.369 e. The lowest BCUT2D eigenvalue weighted by Gasteiger charge is -2.53. The molecule has 6 rings (SSSR count). The van der Waals surface area contributed by atoms with Crippen molar-refractivity contribution in [3.63, 3.8) is 0 Å².